The van der Waals surface area contributed by atoms with Crippen LogP contribution in [0, 0.1) is 5.92 Å². The van der Waals surface area contributed by atoms with Crippen LogP contribution in [0.5, 0.6) is 0 Å². The SMILES string of the molecule is CN=C(NCCC1CC1)NCc1ncnn1C.I. The van der Waals surface area contributed by atoms with E-state index in [4.69, 9.17) is 0 Å². The molecule has 2 N–H and O–H groups in total. The van der Waals surface area contributed by atoms with Crippen molar-refractivity contribution in [3.05, 3.63) is 12.2 Å². The number of guanidine groups is 1. The fraction of sp³-hybridized carbons (Fsp3) is 0.727. The van der Waals surface area contributed by atoms with E-state index in [-0.39, 0.29) is 24.0 Å². The molecule has 0 aliphatic heterocycles. The first-order chi connectivity index (χ1) is 8.29. The van der Waals surface area contributed by atoms with Gasteiger partial charge in [0.05, 0.1) is 6.54 Å². The van der Waals surface area contributed by atoms with Crippen molar-refractivity contribution in [2.24, 2.45) is 18.0 Å². The number of halogens is 1. The minimum absolute atomic E-state index is 0. The minimum Gasteiger partial charge on any atom is -0.356 e. The van der Waals surface area contributed by atoms with Gasteiger partial charge in [-0.2, -0.15) is 5.10 Å². The Balaban J connectivity index is 0.00000162. The Labute approximate surface area is 125 Å². The molecule has 6 nitrogen and oxygen atoms in total. The Morgan fingerprint density at radius 3 is 2.83 bits per heavy atom. The molecule has 0 radical (unpaired) electrons. The van der Waals surface area contributed by atoms with Crippen molar-refractivity contribution in [3.8, 4) is 0 Å². The Kier molecular flexibility index (Phi) is 6.37. The molecule has 0 spiro atoms. The van der Waals surface area contributed by atoms with Crippen LogP contribution in [-0.2, 0) is 13.6 Å². The quantitative estimate of drug-likeness (QED) is 0.463. The van der Waals surface area contributed by atoms with Crippen LogP contribution in [-0.4, -0.2) is 34.3 Å². The number of aromatic nitrogens is 3. The highest BCUT2D eigenvalue weighted by Crippen LogP contribution is 2.31. The molecule has 0 amide bonds. The first-order valence-electron chi connectivity index (χ1n) is 6.07. The maximum absolute atomic E-state index is 4.17. The van der Waals surface area contributed by atoms with E-state index in [0.717, 1.165) is 24.2 Å². The lowest BCUT2D eigenvalue weighted by molar-refractivity contribution is 0.658. The number of aryl methyl sites for hydroxylation is 1. The van der Waals surface area contributed by atoms with Crippen molar-refractivity contribution in [2.45, 2.75) is 25.8 Å². The van der Waals surface area contributed by atoms with Crippen molar-refractivity contribution < 1.29 is 0 Å². The summed E-state index contributed by atoms with van der Waals surface area (Å²) in [5.74, 6) is 2.67. The van der Waals surface area contributed by atoms with E-state index in [1.54, 1.807) is 18.1 Å². The first kappa shape index (κ1) is 15.2. The lowest BCUT2D eigenvalue weighted by Crippen LogP contribution is -2.38. The molecule has 102 valence electrons. The Bertz CT molecular complexity index is 385. The number of hydrogen-bond acceptors (Lipinski definition) is 3. The zero-order valence-corrected chi connectivity index (χ0v) is 13.2. The third-order valence-electron chi connectivity index (χ3n) is 2.98. The van der Waals surface area contributed by atoms with Crippen molar-refractivity contribution >= 4 is 29.9 Å². The molecule has 0 aromatic carbocycles. The number of nitrogens with one attached hydrogen (secondary N) is 2. The van der Waals surface area contributed by atoms with Gasteiger partial charge < -0.3 is 10.6 Å². The fourth-order valence-electron chi connectivity index (χ4n) is 1.66. The van der Waals surface area contributed by atoms with Crippen molar-refractivity contribution in [2.75, 3.05) is 13.6 Å². The highest BCUT2D eigenvalue weighted by molar-refractivity contribution is 14.0. The van der Waals surface area contributed by atoms with E-state index in [1.165, 1.54) is 19.3 Å². The predicted molar refractivity (Wildman–Crippen MR) is 82.0 cm³/mol. The van der Waals surface area contributed by atoms with E-state index in [0.29, 0.717) is 6.54 Å². The summed E-state index contributed by atoms with van der Waals surface area (Å²) in [6.07, 6.45) is 5.59. The Morgan fingerprint density at radius 1 is 1.50 bits per heavy atom. The molecule has 1 fully saturated rings. The van der Waals surface area contributed by atoms with Crippen LogP contribution in [0.3, 0.4) is 0 Å². The minimum atomic E-state index is 0. The molecule has 0 bridgehead atoms. The Morgan fingerprint density at radius 2 is 2.28 bits per heavy atom. The largest absolute Gasteiger partial charge is 0.356 e. The predicted octanol–water partition coefficient (Wildman–Crippen LogP) is 0.898. The monoisotopic (exact) mass is 364 g/mol. The van der Waals surface area contributed by atoms with Crippen molar-refractivity contribution in [3.63, 3.8) is 0 Å². The molecule has 0 atom stereocenters. The summed E-state index contributed by atoms with van der Waals surface area (Å²) in [6, 6.07) is 0. The van der Waals surface area contributed by atoms with Crippen LogP contribution in [0.1, 0.15) is 25.1 Å². The second-order valence-corrected chi connectivity index (χ2v) is 4.38. The standard InChI is InChI=1S/C11H20N6.HI/c1-12-11(13-6-5-9-3-4-9)14-7-10-15-8-16-17(10)2;/h8-9H,3-7H2,1-2H3,(H2,12,13,14);1H. The van der Waals surface area contributed by atoms with Gasteiger partial charge >= 0.3 is 0 Å². The van der Waals surface area contributed by atoms with E-state index in [2.05, 4.69) is 25.7 Å². The molecule has 1 aliphatic carbocycles. The molecule has 1 aliphatic rings. The maximum Gasteiger partial charge on any atom is 0.191 e. The van der Waals surface area contributed by atoms with E-state index >= 15 is 0 Å². The molecule has 1 aromatic rings. The second-order valence-electron chi connectivity index (χ2n) is 4.38. The molecule has 7 heteroatoms. The summed E-state index contributed by atoms with van der Waals surface area (Å²) in [5.41, 5.74) is 0. The van der Waals surface area contributed by atoms with Gasteiger partial charge in [0.2, 0.25) is 0 Å². The van der Waals surface area contributed by atoms with Gasteiger partial charge in [0.15, 0.2) is 5.96 Å². The zero-order chi connectivity index (χ0) is 12.1. The number of aliphatic imine (C=N–C) groups is 1. The molecule has 1 aromatic heterocycles. The topological polar surface area (TPSA) is 67.1 Å². The lowest BCUT2D eigenvalue weighted by atomic mass is 10.3. The molecule has 18 heavy (non-hydrogen) atoms. The highest BCUT2D eigenvalue weighted by atomic mass is 127. The number of rotatable bonds is 5. The van der Waals surface area contributed by atoms with Crippen molar-refractivity contribution in [1.82, 2.24) is 25.4 Å². The van der Waals surface area contributed by atoms with Crippen LogP contribution in [0.15, 0.2) is 11.3 Å². The number of nitrogens with zero attached hydrogens (tertiary/aromatic N) is 4. The van der Waals surface area contributed by atoms with Gasteiger partial charge in [-0.15, -0.1) is 24.0 Å². The van der Waals surface area contributed by atoms with Crippen molar-refractivity contribution in [1.29, 1.82) is 0 Å². The van der Waals surface area contributed by atoms with Crippen LogP contribution < -0.4 is 10.6 Å². The summed E-state index contributed by atoms with van der Waals surface area (Å²) in [5, 5.41) is 10.5. The lowest BCUT2D eigenvalue weighted by Gasteiger charge is -2.11. The first-order valence-corrected chi connectivity index (χ1v) is 6.07. The molecule has 0 unspecified atom stereocenters. The number of hydrogen-bond donors (Lipinski definition) is 2. The molecule has 1 saturated carbocycles. The average molecular weight is 364 g/mol. The molecular weight excluding hydrogens is 343 g/mol. The summed E-state index contributed by atoms with van der Waals surface area (Å²) in [4.78, 5) is 8.32. The Hall–Kier alpha value is -0.860. The van der Waals surface area contributed by atoms with E-state index in [1.807, 2.05) is 7.05 Å². The molecule has 2 rings (SSSR count). The normalized spacial score (nSPS) is 15.1. The summed E-state index contributed by atoms with van der Waals surface area (Å²) < 4.78 is 1.75. The summed E-state index contributed by atoms with van der Waals surface area (Å²) >= 11 is 0. The fourth-order valence-corrected chi connectivity index (χ4v) is 1.66. The third-order valence-corrected chi connectivity index (χ3v) is 2.98. The van der Waals surface area contributed by atoms with Crippen LogP contribution >= 0.6 is 24.0 Å². The highest BCUT2D eigenvalue weighted by Gasteiger charge is 2.20. The van der Waals surface area contributed by atoms with Crippen LogP contribution in [0.2, 0.25) is 0 Å². The van der Waals surface area contributed by atoms with Gasteiger partial charge in [-0.25, -0.2) is 4.98 Å². The molecular formula is C11H21IN6. The van der Waals surface area contributed by atoms with E-state index in [9.17, 15) is 0 Å². The smallest absolute Gasteiger partial charge is 0.191 e. The summed E-state index contributed by atoms with van der Waals surface area (Å²) in [7, 11) is 3.66. The maximum atomic E-state index is 4.17. The van der Waals surface area contributed by atoms with Gasteiger partial charge in [0.1, 0.15) is 12.2 Å². The van der Waals surface area contributed by atoms with Gasteiger partial charge in [-0.05, 0) is 12.3 Å². The van der Waals surface area contributed by atoms with Crippen LogP contribution in [0.4, 0.5) is 0 Å². The van der Waals surface area contributed by atoms with E-state index < -0.39 is 0 Å². The summed E-state index contributed by atoms with van der Waals surface area (Å²) in [6.45, 7) is 1.63. The van der Waals surface area contributed by atoms with Gasteiger partial charge in [0.25, 0.3) is 0 Å². The van der Waals surface area contributed by atoms with Gasteiger partial charge in [0, 0.05) is 20.6 Å². The molecule has 1 heterocycles. The second kappa shape index (κ2) is 7.55. The average Bonchev–Trinajstić information content (AvgIpc) is 3.06. The van der Waals surface area contributed by atoms with Gasteiger partial charge in [-0.3, -0.25) is 9.67 Å². The van der Waals surface area contributed by atoms with Gasteiger partial charge in [-0.1, -0.05) is 12.8 Å². The molecule has 0 saturated heterocycles. The third kappa shape index (κ3) is 4.79. The van der Waals surface area contributed by atoms with Crippen LogP contribution in [0.25, 0.3) is 0 Å². The zero-order valence-electron chi connectivity index (χ0n) is 10.9.